The van der Waals surface area contributed by atoms with Gasteiger partial charge in [-0.3, -0.25) is 4.79 Å². The highest BCUT2D eigenvalue weighted by molar-refractivity contribution is 7.89. The number of rotatable bonds is 8. The number of carbonyl (C=O) groups is 1. The van der Waals surface area contributed by atoms with E-state index < -0.39 is 16.6 Å². The van der Waals surface area contributed by atoms with E-state index >= 15 is 0 Å². The van der Waals surface area contributed by atoms with Gasteiger partial charge in [0, 0.05) is 19.5 Å². The van der Waals surface area contributed by atoms with Crippen LogP contribution in [0.3, 0.4) is 0 Å². The highest BCUT2D eigenvalue weighted by Crippen LogP contribution is 1.89. The second-order valence-corrected chi connectivity index (χ2v) is 5.81. The number of aliphatic hydroxyl groups is 1. The van der Waals surface area contributed by atoms with Gasteiger partial charge in [-0.2, -0.15) is 0 Å². The zero-order chi connectivity index (χ0) is 12.6. The van der Waals surface area contributed by atoms with Crippen molar-refractivity contribution in [3.8, 4) is 0 Å². The van der Waals surface area contributed by atoms with Crippen molar-refractivity contribution in [2.45, 2.75) is 20.3 Å². The fourth-order valence-electron chi connectivity index (χ4n) is 0.919. The monoisotopic (exact) mass is 252 g/mol. The summed E-state index contributed by atoms with van der Waals surface area (Å²) < 4.78 is 24.4. The zero-order valence-corrected chi connectivity index (χ0v) is 10.5. The number of nitrogens with one attached hydrogen (secondary N) is 2. The minimum atomic E-state index is -3.44. The molecule has 0 unspecified atom stereocenters. The third kappa shape index (κ3) is 8.63. The quantitative estimate of drug-likeness (QED) is 0.519. The van der Waals surface area contributed by atoms with Crippen molar-refractivity contribution < 1.29 is 18.3 Å². The molecule has 0 spiro atoms. The molecular formula is C9H20N2O4S. The molecule has 0 aromatic carbocycles. The molecule has 0 aliphatic rings. The van der Waals surface area contributed by atoms with Gasteiger partial charge in [0.2, 0.25) is 15.9 Å². The van der Waals surface area contributed by atoms with Crippen molar-refractivity contribution in [2.24, 2.45) is 5.92 Å². The molecule has 0 heterocycles. The second-order valence-electron chi connectivity index (χ2n) is 3.88. The average Bonchev–Trinajstić information content (AvgIpc) is 2.14. The summed E-state index contributed by atoms with van der Waals surface area (Å²) in [6.45, 7) is 4.18. The molecule has 96 valence electrons. The van der Waals surface area contributed by atoms with Gasteiger partial charge in [0.05, 0.1) is 12.4 Å². The Morgan fingerprint density at radius 3 is 2.50 bits per heavy atom. The number of sulfonamides is 1. The van der Waals surface area contributed by atoms with Crippen LogP contribution in [0.15, 0.2) is 0 Å². The van der Waals surface area contributed by atoms with Gasteiger partial charge in [0.25, 0.3) is 0 Å². The van der Waals surface area contributed by atoms with Gasteiger partial charge in [0.1, 0.15) is 0 Å². The van der Waals surface area contributed by atoms with E-state index in [0.717, 1.165) is 0 Å². The molecule has 0 aliphatic heterocycles. The number of hydrogen-bond donors (Lipinski definition) is 3. The van der Waals surface area contributed by atoms with Crippen LogP contribution < -0.4 is 10.0 Å². The third-order valence-corrected chi connectivity index (χ3v) is 3.11. The van der Waals surface area contributed by atoms with Crippen LogP contribution in [0.5, 0.6) is 0 Å². The predicted octanol–water partition coefficient (Wildman–Crippen LogP) is -0.940. The molecule has 6 nitrogen and oxygen atoms in total. The molecule has 0 aromatic heterocycles. The maximum absolute atomic E-state index is 11.2. The predicted molar refractivity (Wildman–Crippen MR) is 61.3 cm³/mol. The largest absolute Gasteiger partial charge is 0.395 e. The first-order valence-corrected chi connectivity index (χ1v) is 6.87. The molecule has 7 heteroatoms. The molecule has 1 amide bonds. The number of hydrogen-bond acceptors (Lipinski definition) is 4. The van der Waals surface area contributed by atoms with E-state index in [1.165, 1.54) is 0 Å². The molecule has 16 heavy (non-hydrogen) atoms. The lowest BCUT2D eigenvalue weighted by atomic mass is 10.2. The van der Waals surface area contributed by atoms with E-state index in [1.54, 1.807) is 0 Å². The summed E-state index contributed by atoms with van der Waals surface area (Å²) in [5, 5.41) is 11.1. The molecule has 0 fully saturated rings. The summed E-state index contributed by atoms with van der Waals surface area (Å²) in [7, 11) is -3.44. The SMILES string of the molecule is CC(C)CNC(=O)CCNS(=O)(=O)CCO. The van der Waals surface area contributed by atoms with Crippen molar-refractivity contribution >= 4 is 15.9 Å². The first kappa shape index (κ1) is 15.3. The fourth-order valence-corrected chi connectivity index (χ4v) is 1.72. The molecule has 0 radical (unpaired) electrons. The minimum Gasteiger partial charge on any atom is -0.395 e. The molecule has 0 aromatic rings. The van der Waals surface area contributed by atoms with Gasteiger partial charge >= 0.3 is 0 Å². The van der Waals surface area contributed by atoms with Gasteiger partial charge in [0.15, 0.2) is 0 Å². The van der Waals surface area contributed by atoms with Gasteiger partial charge in [-0.05, 0) is 5.92 Å². The first-order valence-electron chi connectivity index (χ1n) is 5.22. The van der Waals surface area contributed by atoms with Crippen molar-refractivity contribution in [2.75, 3.05) is 25.4 Å². The Hall–Kier alpha value is -0.660. The highest BCUT2D eigenvalue weighted by Gasteiger charge is 2.09. The van der Waals surface area contributed by atoms with Gasteiger partial charge in [-0.25, -0.2) is 13.1 Å². The molecule has 0 aliphatic carbocycles. The Labute approximate surface area is 96.5 Å². The molecule has 0 rings (SSSR count). The molecule has 0 bridgehead atoms. The van der Waals surface area contributed by atoms with Crippen molar-refractivity contribution in [3.05, 3.63) is 0 Å². The van der Waals surface area contributed by atoms with Crippen molar-refractivity contribution in [1.29, 1.82) is 0 Å². The van der Waals surface area contributed by atoms with Crippen molar-refractivity contribution in [3.63, 3.8) is 0 Å². The number of amides is 1. The summed E-state index contributed by atoms with van der Waals surface area (Å²) in [6.07, 6.45) is 0.109. The Kier molecular flexibility index (Phi) is 7.27. The van der Waals surface area contributed by atoms with Crippen LogP contribution in [-0.2, 0) is 14.8 Å². The van der Waals surface area contributed by atoms with Crippen LogP contribution in [-0.4, -0.2) is 44.9 Å². The number of aliphatic hydroxyl groups excluding tert-OH is 1. The summed E-state index contributed by atoms with van der Waals surface area (Å²) in [6, 6.07) is 0. The summed E-state index contributed by atoms with van der Waals surface area (Å²) >= 11 is 0. The van der Waals surface area contributed by atoms with Crippen LogP contribution in [0.2, 0.25) is 0 Å². The molecule has 3 N–H and O–H groups in total. The van der Waals surface area contributed by atoms with Crippen molar-refractivity contribution in [1.82, 2.24) is 10.0 Å². The van der Waals surface area contributed by atoms with E-state index in [9.17, 15) is 13.2 Å². The van der Waals surface area contributed by atoms with Gasteiger partial charge in [-0.1, -0.05) is 13.8 Å². The lowest BCUT2D eigenvalue weighted by molar-refractivity contribution is -0.121. The minimum absolute atomic E-state index is 0.0618. The van der Waals surface area contributed by atoms with Gasteiger partial charge in [-0.15, -0.1) is 0 Å². The smallest absolute Gasteiger partial charge is 0.221 e. The highest BCUT2D eigenvalue weighted by atomic mass is 32.2. The van der Waals surface area contributed by atoms with Crippen LogP contribution in [0, 0.1) is 5.92 Å². The molecule has 0 atom stereocenters. The Morgan fingerprint density at radius 1 is 1.38 bits per heavy atom. The van der Waals surface area contributed by atoms with Crippen LogP contribution in [0.4, 0.5) is 0 Å². The first-order chi connectivity index (χ1) is 7.37. The summed E-state index contributed by atoms with van der Waals surface area (Å²) in [4.78, 5) is 11.2. The zero-order valence-electron chi connectivity index (χ0n) is 9.69. The Balaban J connectivity index is 3.70. The van der Waals surface area contributed by atoms with E-state index in [-0.39, 0.29) is 24.6 Å². The lowest BCUT2D eigenvalue weighted by Gasteiger charge is -2.08. The molecular weight excluding hydrogens is 232 g/mol. The van der Waals surface area contributed by atoms with E-state index in [4.69, 9.17) is 5.11 Å². The number of carbonyl (C=O) groups excluding carboxylic acids is 1. The second kappa shape index (κ2) is 7.59. The topological polar surface area (TPSA) is 95.5 Å². The van der Waals surface area contributed by atoms with E-state index in [1.807, 2.05) is 13.8 Å². The Bertz CT molecular complexity index is 301. The molecule has 0 saturated heterocycles. The third-order valence-electron chi connectivity index (χ3n) is 1.74. The van der Waals surface area contributed by atoms with Crippen LogP contribution in [0.25, 0.3) is 0 Å². The van der Waals surface area contributed by atoms with E-state index in [0.29, 0.717) is 12.5 Å². The summed E-state index contributed by atoms with van der Waals surface area (Å²) in [5.41, 5.74) is 0. The van der Waals surface area contributed by atoms with Gasteiger partial charge < -0.3 is 10.4 Å². The molecule has 0 saturated carbocycles. The Morgan fingerprint density at radius 2 is 2.00 bits per heavy atom. The summed E-state index contributed by atoms with van der Waals surface area (Å²) in [5.74, 6) is -0.143. The average molecular weight is 252 g/mol. The normalized spacial score (nSPS) is 11.8. The maximum Gasteiger partial charge on any atom is 0.221 e. The standard InChI is InChI=1S/C9H20N2O4S/c1-8(2)7-10-9(13)3-4-11-16(14,15)6-5-12/h8,11-12H,3-7H2,1-2H3,(H,10,13). The fraction of sp³-hybridized carbons (Fsp3) is 0.889. The van der Waals surface area contributed by atoms with Crippen LogP contribution >= 0.6 is 0 Å². The maximum atomic E-state index is 11.2. The van der Waals surface area contributed by atoms with E-state index in [2.05, 4.69) is 10.0 Å². The lowest BCUT2D eigenvalue weighted by Crippen LogP contribution is -2.33. The van der Waals surface area contributed by atoms with Crippen LogP contribution in [0.1, 0.15) is 20.3 Å².